The summed E-state index contributed by atoms with van der Waals surface area (Å²) in [7, 11) is 0. The van der Waals surface area contributed by atoms with Crippen molar-refractivity contribution in [3.05, 3.63) is 64.2 Å². The Bertz CT molecular complexity index is 1010. The molecule has 0 saturated carbocycles. The fraction of sp³-hybridized carbons (Fsp3) is 0.333. The maximum atomic E-state index is 12.5. The van der Waals surface area contributed by atoms with Gasteiger partial charge in [-0.1, -0.05) is 6.42 Å². The number of amides is 1. The number of nitro groups is 1. The lowest BCUT2D eigenvalue weighted by molar-refractivity contribution is -0.384. The molecule has 3 aromatic rings. The first-order chi connectivity index (χ1) is 13.6. The molecule has 10 heteroatoms. The first-order valence-electron chi connectivity index (χ1n) is 9.09. The Kier molecular flexibility index (Phi) is 4.83. The van der Waals surface area contributed by atoms with Crippen LogP contribution in [-0.2, 0) is 19.5 Å². The lowest BCUT2D eigenvalue weighted by atomic mass is 10.1. The first-order valence-corrected chi connectivity index (χ1v) is 9.09. The zero-order valence-electron chi connectivity index (χ0n) is 15.1. The SMILES string of the molecule is O=C(NCc1nnc2n1CCCCC2)c1ccc(-n2ccnc2)c([N+](=O)[O-])c1. The van der Waals surface area contributed by atoms with Crippen LogP contribution in [0.25, 0.3) is 5.69 Å². The van der Waals surface area contributed by atoms with Gasteiger partial charge < -0.3 is 14.5 Å². The molecular formula is C18H19N7O3. The second-order valence-corrected chi connectivity index (χ2v) is 6.61. The summed E-state index contributed by atoms with van der Waals surface area (Å²) >= 11 is 0. The summed E-state index contributed by atoms with van der Waals surface area (Å²) in [4.78, 5) is 27.4. The second kappa shape index (κ2) is 7.59. The molecule has 0 unspecified atom stereocenters. The number of fused-ring (bicyclic) bond motifs is 1. The smallest absolute Gasteiger partial charge is 0.294 e. The van der Waals surface area contributed by atoms with Crippen molar-refractivity contribution in [1.29, 1.82) is 0 Å². The molecule has 28 heavy (non-hydrogen) atoms. The number of imidazole rings is 1. The van der Waals surface area contributed by atoms with Gasteiger partial charge in [-0.05, 0) is 25.0 Å². The average molecular weight is 381 g/mol. The van der Waals surface area contributed by atoms with E-state index in [2.05, 4.69) is 25.1 Å². The highest BCUT2D eigenvalue weighted by Gasteiger charge is 2.20. The topological polar surface area (TPSA) is 121 Å². The van der Waals surface area contributed by atoms with Crippen molar-refractivity contribution in [1.82, 2.24) is 29.6 Å². The molecule has 0 bridgehead atoms. The Labute approximate surface area is 160 Å². The largest absolute Gasteiger partial charge is 0.345 e. The van der Waals surface area contributed by atoms with Crippen molar-refractivity contribution in [2.75, 3.05) is 0 Å². The van der Waals surface area contributed by atoms with Crippen molar-refractivity contribution in [2.24, 2.45) is 0 Å². The predicted molar refractivity (Wildman–Crippen MR) is 99.0 cm³/mol. The van der Waals surface area contributed by atoms with Crippen LogP contribution in [0.15, 0.2) is 36.9 Å². The molecule has 1 aromatic carbocycles. The number of nitro benzene ring substituents is 1. The Hall–Kier alpha value is -3.56. The van der Waals surface area contributed by atoms with E-state index in [1.54, 1.807) is 12.3 Å². The highest BCUT2D eigenvalue weighted by molar-refractivity contribution is 5.95. The third-order valence-corrected chi connectivity index (χ3v) is 4.81. The van der Waals surface area contributed by atoms with Gasteiger partial charge in [0.05, 0.1) is 17.8 Å². The van der Waals surface area contributed by atoms with E-state index in [4.69, 9.17) is 0 Å². The Morgan fingerprint density at radius 3 is 2.93 bits per heavy atom. The third kappa shape index (κ3) is 3.48. The molecule has 0 saturated heterocycles. The van der Waals surface area contributed by atoms with Crippen molar-refractivity contribution >= 4 is 11.6 Å². The molecule has 0 atom stereocenters. The summed E-state index contributed by atoms with van der Waals surface area (Å²) in [5.41, 5.74) is 0.398. The van der Waals surface area contributed by atoms with Crippen molar-refractivity contribution in [2.45, 2.75) is 38.8 Å². The normalized spacial score (nSPS) is 13.6. The number of nitrogens with one attached hydrogen (secondary N) is 1. The highest BCUT2D eigenvalue weighted by atomic mass is 16.6. The van der Waals surface area contributed by atoms with Gasteiger partial charge in [-0.25, -0.2) is 4.98 Å². The summed E-state index contributed by atoms with van der Waals surface area (Å²) in [6.07, 6.45) is 8.82. The van der Waals surface area contributed by atoms with Crippen LogP contribution < -0.4 is 5.32 Å². The molecule has 1 aliphatic heterocycles. The Balaban J connectivity index is 1.52. The molecule has 1 N–H and O–H groups in total. The van der Waals surface area contributed by atoms with Gasteiger partial charge in [0.1, 0.15) is 11.5 Å². The van der Waals surface area contributed by atoms with E-state index in [-0.39, 0.29) is 17.8 Å². The standard InChI is InChI=1S/C18H19N7O3/c26-18(20-11-17-22-21-16-4-2-1-3-8-24(16)17)13-5-6-14(15(10-13)25(27)28)23-9-7-19-12-23/h5-7,9-10,12H,1-4,8,11H2,(H,20,26). The monoisotopic (exact) mass is 381 g/mol. The van der Waals surface area contributed by atoms with Gasteiger partial charge in [0.2, 0.25) is 0 Å². The number of hydrogen-bond donors (Lipinski definition) is 1. The lowest BCUT2D eigenvalue weighted by Crippen LogP contribution is -2.25. The van der Waals surface area contributed by atoms with Gasteiger partial charge in [-0.3, -0.25) is 14.9 Å². The molecule has 1 amide bonds. The van der Waals surface area contributed by atoms with E-state index in [1.165, 1.54) is 29.2 Å². The molecule has 0 fully saturated rings. The van der Waals surface area contributed by atoms with Crippen molar-refractivity contribution in [3.63, 3.8) is 0 Å². The number of benzene rings is 1. The number of carbonyl (C=O) groups is 1. The summed E-state index contributed by atoms with van der Waals surface area (Å²) in [5, 5.41) is 22.6. The fourth-order valence-electron chi connectivity index (χ4n) is 3.37. The summed E-state index contributed by atoms with van der Waals surface area (Å²) in [5.74, 6) is 1.25. The maximum absolute atomic E-state index is 12.5. The molecule has 1 aliphatic rings. The number of hydrogen-bond acceptors (Lipinski definition) is 6. The predicted octanol–water partition coefficient (Wildman–Crippen LogP) is 2.03. The quantitative estimate of drug-likeness (QED) is 0.533. The molecule has 10 nitrogen and oxygen atoms in total. The highest BCUT2D eigenvalue weighted by Crippen LogP contribution is 2.24. The van der Waals surface area contributed by atoms with E-state index >= 15 is 0 Å². The van der Waals surface area contributed by atoms with E-state index in [1.807, 2.05) is 0 Å². The number of carbonyl (C=O) groups excluding carboxylic acids is 1. The van der Waals surface area contributed by atoms with Gasteiger partial charge in [-0.2, -0.15) is 0 Å². The van der Waals surface area contributed by atoms with Gasteiger partial charge in [0.25, 0.3) is 11.6 Å². The minimum atomic E-state index is -0.509. The fourth-order valence-corrected chi connectivity index (χ4v) is 3.37. The van der Waals surface area contributed by atoms with Gasteiger partial charge in [-0.15, -0.1) is 10.2 Å². The molecule has 2 aromatic heterocycles. The number of nitrogens with zero attached hydrogens (tertiary/aromatic N) is 6. The Morgan fingerprint density at radius 1 is 1.25 bits per heavy atom. The van der Waals surface area contributed by atoms with Crippen LogP contribution in [-0.4, -0.2) is 35.1 Å². The molecule has 0 aliphatic carbocycles. The lowest BCUT2D eigenvalue weighted by Gasteiger charge is -2.09. The minimum Gasteiger partial charge on any atom is -0.345 e. The van der Waals surface area contributed by atoms with Crippen molar-refractivity contribution in [3.8, 4) is 5.69 Å². The van der Waals surface area contributed by atoms with E-state index in [0.717, 1.165) is 38.1 Å². The molecule has 3 heterocycles. The molecule has 144 valence electrons. The Morgan fingerprint density at radius 2 is 2.14 bits per heavy atom. The van der Waals surface area contributed by atoms with Crippen LogP contribution in [0, 0.1) is 10.1 Å². The van der Waals surface area contributed by atoms with Crippen molar-refractivity contribution < 1.29 is 9.72 Å². The molecule has 0 radical (unpaired) electrons. The molecular weight excluding hydrogens is 362 g/mol. The van der Waals surface area contributed by atoms with Crippen LogP contribution in [0.1, 0.15) is 41.3 Å². The summed E-state index contributed by atoms with van der Waals surface area (Å²) in [6.45, 7) is 1.07. The van der Waals surface area contributed by atoms with Crippen LogP contribution >= 0.6 is 0 Å². The maximum Gasteiger partial charge on any atom is 0.294 e. The summed E-state index contributed by atoms with van der Waals surface area (Å²) < 4.78 is 3.59. The minimum absolute atomic E-state index is 0.165. The van der Waals surface area contributed by atoms with Gasteiger partial charge in [0, 0.05) is 37.0 Å². The summed E-state index contributed by atoms with van der Waals surface area (Å²) in [6, 6.07) is 4.37. The number of aryl methyl sites for hydroxylation is 1. The molecule has 0 spiro atoms. The average Bonchev–Trinajstić information content (AvgIpc) is 3.31. The van der Waals surface area contributed by atoms with Crippen LogP contribution in [0.3, 0.4) is 0 Å². The second-order valence-electron chi connectivity index (χ2n) is 6.61. The number of aromatic nitrogens is 5. The van der Waals surface area contributed by atoms with Gasteiger partial charge in [0.15, 0.2) is 5.82 Å². The zero-order chi connectivity index (χ0) is 19.5. The first kappa shape index (κ1) is 17.8. The van der Waals surface area contributed by atoms with E-state index < -0.39 is 10.8 Å². The van der Waals surface area contributed by atoms with Gasteiger partial charge >= 0.3 is 0 Å². The number of rotatable bonds is 5. The van der Waals surface area contributed by atoms with Crippen LogP contribution in [0.2, 0.25) is 0 Å². The zero-order valence-corrected chi connectivity index (χ0v) is 15.1. The van der Waals surface area contributed by atoms with E-state index in [9.17, 15) is 14.9 Å². The third-order valence-electron chi connectivity index (χ3n) is 4.81. The molecule has 4 rings (SSSR count). The van der Waals surface area contributed by atoms with Crippen LogP contribution in [0.5, 0.6) is 0 Å². The van der Waals surface area contributed by atoms with Crippen LogP contribution in [0.4, 0.5) is 5.69 Å². The van der Waals surface area contributed by atoms with E-state index in [0.29, 0.717) is 11.5 Å².